The molecule has 1 aromatic rings. The molecule has 114 valence electrons. The predicted molar refractivity (Wildman–Crippen MR) is 80.6 cm³/mol. The number of carbonyl (C=O) groups excluding carboxylic acids is 1. The molecule has 1 aliphatic rings. The van der Waals surface area contributed by atoms with Crippen molar-refractivity contribution in [2.24, 2.45) is 5.41 Å². The molecule has 0 spiro atoms. The van der Waals surface area contributed by atoms with Gasteiger partial charge in [0, 0.05) is 24.1 Å². The van der Waals surface area contributed by atoms with Crippen LogP contribution in [0.1, 0.15) is 29.6 Å². The van der Waals surface area contributed by atoms with Crippen molar-refractivity contribution in [3.05, 3.63) is 33.9 Å². The number of thioether (sulfide) groups is 1. The van der Waals surface area contributed by atoms with Gasteiger partial charge in [0.2, 0.25) is 0 Å². The maximum absolute atomic E-state index is 12.2. The van der Waals surface area contributed by atoms with Crippen molar-refractivity contribution in [1.82, 2.24) is 5.32 Å². The molecule has 0 aromatic heterocycles. The van der Waals surface area contributed by atoms with Crippen molar-refractivity contribution >= 4 is 23.4 Å². The van der Waals surface area contributed by atoms with Gasteiger partial charge in [0.15, 0.2) is 0 Å². The van der Waals surface area contributed by atoms with Crippen molar-refractivity contribution in [3.8, 4) is 0 Å². The highest BCUT2D eigenvalue weighted by molar-refractivity contribution is 7.98. The number of benzene rings is 1. The van der Waals surface area contributed by atoms with E-state index in [9.17, 15) is 14.9 Å². The summed E-state index contributed by atoms with van der Waals surface area (Å²) in [6, 6.07) is 4.54. The van der Waals surface area contributed by atoms with E-state index in [4.69, 9.17) is 5.11 Å². The maximum atomic E-state index is 12.2. The minimum Gasteiger partial charge on any atom is -0.396 e. The third-order valence-electron chi connectivity index (χ3n) is 3.87. The van der Waals surface area contributed by atoms with Gasteiger partial charge in [-0.25, -0.2) is 0 Å². The van der Waals surface area contributed by atoms with Gasteiger partial charge in [-0.05, 0) is 43.1 Å². The van der Waals surface area contributed by atoms with Crippen molar-refractivity contribution < 1.29 is 14.8 Å². The number of nitrogens with one attached hydrogen (secondary N) is 1. The van der Waals surface area contributed by atoms with Gasteiger partial charge in [-0.15, -0.1) is 11.8 Å². The second kappa shape index (κ2) is 6.44. The largest absolute Gasteiger partial charge is 0.396 e. The van der Waals surface area contributed by atoms with Gasteiger partial charge in [-0.3, -0.25) is 14.9 Å². The zero-order valence-electron chi connectivity index (χ0n) is 11.8. The first-order valence-corrected chi connectivity index (χ1v) is 7.95. The first-order chi connectivity index (χ1) is 10.0. The highest BCUT2D eigenvalue weighted by Crippen LogP contribution is 2.47. The lowest BCUT2D eigenvalue weighted by Gasteiger charge is -2.14. The van der Waals surface area contributed by atoms with Crippen LogP contribution < -0.4 is 5.32 Å². The van der Waals surface area contributed by atoms with Crippen LogP contribution in [0.15, 0.2) is 23.1 Å². The van der Waals surface area contributed by atoms with E-state index in [0.29, 0.717) is 13.0 Å². The van der Waals surface area contributed by atoms with Crippen LogP contribution in [-0.2, 0) is 0 Å². The number of aliphatic hydroxyl groups is 1. The Bertz CT molecular complexity index is 558. The smallest absolute Gasteiger partial charge is 0.282 e. The van der Waals surface area contributed by atoms with Crippen molar-refractivity contribution in [3.63, 3.8) is 0 Å². The van der Waals surface area contributed by atoms with Crippen LogP contribution in [0.3, 0.4) is 0 Å². The predicted octanol–water partition coefficient (Wildman–Crippen LogP) is 2.21. The zero-order valence-corrected chi connectivity index (χ0v) is 12.6. The molecule has 1 saturated carbocycles. The average molecular weight is 310 g/mol. The number of rotatable bonds is 7. The van der Waals surface area contributed by atoms with E-state index in [2.05, 4.69) is 5.32 Å². The monoisotopic (exact) mass is 310 g/mol. The van der Waals surface area contributed by atoms with E-state index < -0.39 is 10.8 Å². The Kier molecular flexibility index (Phi) is 4.84. The molecule has 6 nitrogen and oxygen atoms in total. The van der Waals surface area contributed by atoms with E-state index in [1.165, 1.54) is 17.8 Å². The number of aliphatic hydroxyl groups excluding tert-OH is 1. The highest BCUT2D eigenvalue weighted by atomic mass is 32.2. The number of hydrogen-bond acceptors (Lipinski definition) is 5. The average Bonchev–Trinajstić information content (AvgIpc) is 3.24. The standard InChI is InChI=1S/C14H18N2O4S/c1-21-10-2-3-12(16(19)20)11(8-10)13(18)15-9-14(4-5-14)6-7-17/h2-3,8,17H,4-7,9H2,1H3,(H,15,18). The molecule has 0 bridgehead atoms. The SMILES string of the molecule is CSc1ccc([N+](=O)[O-])c(C(=O)NCC2(CCO)CC2)c1. The minimum atomic E-state index is -0.542. The number of nitrogens with zero attached hydrogens (tertiary/aromatic N) is 1. The summed E-state index contributed by atoms with van der Waals surface area (Å²) in [4.78, 5) is 23.5. The molecular formula is C14H18N2O4S. The molecule has 1 aliphatic carbocycles. The molecule has 0 heterocycles. The molecule has 0 atom stereocenters. The van der Waals surface area contributed by atoms with E-state index in [1.54, 1.807) is 12.1 Å². The molecule has 1 amide bonds. The molecule has 0 radical (unpaired) electrons. The van der Waals surface area contributed by atoms with E-state index in [0.717, 1.165) is 17.7 Å². The summed E-state index contributed by atoms with van der Waals surface area (Å²) in [7, 11) is 0. The van der Waals surface area contributed by atoms with Crippen LogP contribution >= 0.6 is 11.8 Å². The molecule has 0 unspecified atom stereocenters. The van der Waals surface area contributed by atoms with Crippen molar-refractivity contribution in [1.29, 1.82) is 0 Å². The molecule has 0 aliphatic heterocycles. The minimum absolute atomic E-state index is 0.0176. The molecular weight excluding hydrogens is 292 g/mol. The molecule has 1 fully saturated rings. The summed E-state index contributed by atoms with van der Waals surface area (Å²) in [6.45, 7) is 0.547. The normalized spacial score (nSPS) is 15.5. The number of nitro groups is 1. The van der Waals surface area contributed by atoms with Crippen molar-refractivity contribution in [2.45, 2.75) is 24.2 Å². The van der Waals surface area contributed by atoms with Gasteiger partial charge < -0.3 is 10.4 Å². The van der Waals surface area contributed by atoms with E-state index in [1.807, 2.05) is 6.26 Å². The molecule has 1 aromatic carbocycles. The van der Waals surface area contributed by atoms with Crippen LogP contribution in [-0.4, -0.2) is 35.3 Å². The molecule has 2 N–H and O–H groups in total. The lowest BCUT2D eigenvalue weighted by Crippen LogP contribution is -2.31. The van der Waals surface area contributed by atoms with Crippen LogP contribution in [0.25, 0.3) is 0 Å². The maximum Gasteiger partial charge on any atom is 0.282 e. The van der Waals surface area contributed by atoms with Crippen molar-refractivity contribution in [2.75, 3.05) is 19.4 Å². The second-order valence-corrected chi connectivity index (χ2v) is 6.18. The Balaban J connectivity index is 2.12. The van der Waals surface area contributed by atoms with Gasteiger partial charge in [0.25, 0.3) is 11.6 Å². The Morgan fingerprint density at radius 2 is 2.24 bits per heavy atom. The van der Waals surface area contributed by atoms with Crippen LogP contribution in [0.2, 0.25) is 0 Å². The summed E-state index contributed by atoms with van der Waals surface area (Å²) in [6.07, 6.45) is 4.45. The van der Waals surface area contributed by atoms with Gasteiger partial charge in [-0.2, -0.15) is 0 Å². The molecule has 2 rings (SSSR count). The fourth-order valence-electron chi connectivity index (χ4n) is 2.28. The van der Waals surface area contributed by atoms with E-state index in [-0.39, 0.29) is 23.3 Å². The molecule has 21 heavy (non-hydrogen) atoms. The molecule has 7 heteroatoms. The number of amides is 1. The third-order valence-corrected chi connectivity index (χ3v) is 4.59. The summed E-state index contributed by atoms with van der Waals surface area (Å²) in [5.41, 5.74) is -0.111. The quantitative estimate of drug-likeness (QED) is 0.457. The number of nitro benzene ring substituents is 1. The van der Waals surface area contributed by atoms with Gasteiger partial charge in [0.1, 0.15) is 5.56 Å². The zero-order chi connectivity index (χ0) is 15.5. The molecule has 0 saturated heterocycles. The lowest BCUT2D eigenvalue weighted by atomic mass is 10.0. The highest BCUT2D eigenvalue weighted by Gasteiger charge is 2.42. The first kappa shape index (κ1) is 15.8. The van der Waals surface area contributed by atoms with Crippen LogP contribution in [0.4, 0.5) is 5.69 Å². The first-order valence-electron chi connectivity index (χ1n) is 6.73. The van der Waals surface area contributed by atoms with Gasteiger partial charge in [-0.1, -0.05) is 0 Å². The third kappa shape index (κ3) is 3.74. The second-order valence-electron chi connectivity index (χ2n) is 5.30. The lowest BCUT2D eigenvalue weighted by molar-refractivity contribution is -0.385. The fourth-order valence-corrected chi connectivity index (χ4v) is 2.72. The number of hydrogen-bond donors (Lipinski definition) is 2. The Labute approximate surface area is 127 Å². The Hall–Kier alpha value is -1.60. The summed E-state index contributed by atoms with van der Waals surface area (Å²) >= 11 is 1.43. The fraction of sp³-hybridized carbons (Fsp3) is 0.500. The summed E-state index contributed by atoms with van der Waals surface area (Å²) in [5, 5.41) is 22.8. The van der Waals surface area contributed by atoms with Gasteiger partial charge >= 0.3 is 0 Å². The van der Waals surface area contributed by atoms with Gasteiger partial charge in [0.05, 0.1) is 4.92 Å². The number of carbonyl (C=O) groups is 1. The Morgan fingerprint density at radius 3 is 2.76 bits per heavy atom. The Morgan fingerprint density at radius 1 is 1.52 bits per heavy atom. The topological polar surface area (TPSA) is 92.5 Å². The van der Waals surface area contributed by atoms with Crippen LogP contribution in [0, 0.1) is 15.5 Å². The van der Waals surface area contributed by atoms with E-state index >= 15 is 0 Å². The summed E-state index contributed by atoms with van der Waals surface area (Å²) in [5.74, 6) is -0.429. The van der Waals surface area contributed by atoms with Crippen LogP contribution in [0.5, 0.6) is 0 Å². The summed E-state index contributed by atoms with van der Waals surface area (Å²) < 4.78 is 0.